The first-order chi connectivity index (χ1) is 10.3. The molecule has 0 aliphatic rings. The van der Waals surface area contributed by atoms with Gasteiger partial charge in [0.1, 0.15) is 6.54 Å². The lowest BCUT2D eigenvalue weighted by Crippen LogP contribution is -2.26. The van der Waals surface area contributed by atoms with E-state index in [1.54, 1.807) is 0 Å². The Morgan fingerprint density at radius 1 is 1.18 bits per heavy atom. The normalized spacial score (nSPS) is 11.2. The number of nitrogens with two attached hydrogens (primary N) is 1. The number of amides is 1. The lowest BCUT2D eigenvalue weighted by atomic mass is 10.3. The minimum absolute atomic E-state index is 0.0587. The standard InChI is InChI=1S/C13H12ClN3O4S/c14-9-1-6-13(19)17(7-9)8-12(18)16-10-2-4-11(5-3-10)22(15,20)21/h1-7H,8H2,(H,16,18)(H2,15,20,21). The van der Waals surface area contributed by atoms with Gasteiger partial charge in [0.15, 0.2) is 0 Å². The molecule has 1 aromatic carbocycles. The van der Waals surface area contributed by atoms with Gasteiger partial charge in [0, 0.05) is 18.0 Å². The molecule has 116 valence electrons. The predicted octanol–water partition coefficient (Wildman–Crippen LogP) is 0.788. The highest BCUT2D eigenvalue weighted by Crippen LogP contribution is 2.12. The van der Waals surface area contributed by atoms with Crippen molar-refractivity contribution < 1.29 is 13.2 Å². The van der Waals surface area contributed by atoms with E-state index in [4.69, 9.17) is 16.7 Å². The lowest BCUT2D eigenvalue weighted by molar-refractivity contribution is -0.116. The van der Waals surface area contributed by atoms with Crippen LogP contribution in [0.2, 0.25) is 5.02 Å². The zero-order valence-corrected chi connectivity index (χ0v) is 12.8. The Hall–Kier alpha value is -2.16. The van der Waals surface area contributed by atoms with Crippen molar-refractivity contribution in [3.05, 3.63) is 58.0 Å². The molecule has 0 radical (unpaired) electrons. The van der Waals surface area contributed by atoms with Crippen LogP contribution in [0.4, 0.5) is 5.69 Å². The Balaban J connectivity index is 2.09. The van der Waals surface area contributed by atoms with Crippen molar-refractivity contribution in [2.45, 2.75) is 11.4 Å². The third kappa shape index (κ3) is 4.17. The number of pyridine rings is 1. The molecule has 1 heterocycles. The van der Waals surface area contributed by atoms with Crippen LogP contribution in [0, 0.1) is 0 Å². The van der Waals surface area contributed by atoms with Gasteiger partial charge in [0.05, 0.1) is 9.92 Å². The van der Waals surface area contributed by atoms with Crippen molar-refractivity contribution in [1.29, 1.82) is 0 Å². The van der Waals surface area contributed by atoms with Gasteiger partial charge in [-0.1, -0.05) is 11.6 Å². The molecule has 0 aliphatic heterocycles. The number of rotatable bonds is 4. The molecule has 22 heavy (non-hydrogen) atoms. The second-order valence-electron chi connectivity index (χ2n) is 4.43. The van der Waals surface area contributed by atoms with E-state index in [-0.39, 0.29) is 17.0 Å². The number of nitrogens with one attached hydrogen (secondary N) is 1. The van der Waals surface area contributed by atoms with Gasteiger partial charge < -0.3 is 9.88 Å². The Bertz CT molecular complexity index is 860. The van der Waals surface area contributed by atoms with Crippen molar-refractivity contribution in [2.24, 2.45) is 5.14 Å². The van der Waals surface area contributed by atoms with Crippen molar-refractivity contribution in [1.82, 2.24) is 4.57 Å². The summed E-state index contributed by atoms with van der Waals surface area (Å²) in [6.07, 6.45) is 1.35. The fourth-order valence-corrected chi connectivity index (χ4v) is 2.41. The Morgan fingerprint density at radius 2 is 1.82 bits per heavy atom. The second-order valence-corrected chi connectivity index (χ2v) is 6.43. The number of anilines is 1. The molecule has 3 N–H and O–H groups in total. The van der Waals surface area contributed by atoms with Gasteiger partial charge in [-0.05, 0) is 30.3 Å². The molecule has 2 aromatic rings. The van der Waals surface area contributed by atoms with Crippen molar-refractivity contribution in [3.63, 3.8) is 0 Å². The molecule has 0 fully saturated rings. The molecular weight excluding hydrogens is 330 g/mol. The monoisotopic (exact) mass is 341 g/mol. The summed E-state index contributed by atoms with van der Waals surface area (Å²) in [6.45, 7) is -0.212. The Kier molecular flexibility index (Phi) is 4.65. The quantitative estimate of drug-likeness (QED) is 0.856. The maximum atomic E-state index is 11.9. The zero-order valence-electron chi connectivity index (χ0n) is 11.2. The number of halogens is 1. The third-order valence-electron chi connectivity index (χ3n) is 2.73. The first-order valence-electron chi connectivity index (χ1n) is 6.04. The second kappa shape index (κ2) is 6.30. The van der Waals surface area contributed by atoms with E-state index in [1.165, 1.54) is 42.6 Å². The summed E-state index contributed by atoms with van der Waals surface area (Å²) < 4.78 is 23.4. The summed E-state index contributed by atoms with van der Waals surface area (Å²) >= 11 is 5.76. The van der Waals surface area contributed by atoms with Gasteiger partial charge in [0.25, 0.3) is 5.56 Å². The van der Waals surface area contributed by atoms with Crippen LogP contribution in [-0.2, 0) is 21.4 Å². The molecule has 0 saturated heterocycles. The highest BCUT2D eigenvalue weighted by atomic mass is 35.5. The topological polar surface area (TPSA) is 111 Å². The molecule has 0 bridgehead atoms. The van der Waals surface area contributed by atoms with Gasteiger partial charge in [-0.3, -0.25) is 9.59 Å². The summed E-state index contributed by atoms with van der Waals surface area (Å²) in [5.74, 6) is -0.451. The van der Waals surface area contributed by atoms with Crippen LogP contribution in [0.15, 0.2) is 52.3 Å². The zero-order chi connectivity index (χ0) is 16.3. The summed E-state index contributed by atoms with van der Waals surface area (Å²) in [5.41, 5.74) is 0.0246. The van der Waals surface area contributed by atoms with Crippen LogP contribution < -0.4 is 16.0 Å². The van der Waals surface area contributed by atoms with Gasteiger partial charge in [0.2, 0.25) is 15.9 Å². The van der Waals surface area contributed by atoms with Crippen LogP contribution in [-0.4, -0.2) is 18.9 Å². The number of hydrogen-bond acceptors (Lipinski definition) is 4. The first kappa shape index (κ1) is 16.2. The van der Waals surface area contributed by atoms with Crippen LogP contribution in [0.5, 0.6) is 0 Å². The number of carbonyl (C=O) groups is 1. The number of nitrogens with zero attached hydrogens (tertiary/aromatic N) is 1. The highest BCUT2D eigenvalue weighted by molar-refractivity contribution is 7.89. The lowest BCUT2D eigenvalue weighted by Gasteiger charge is -2.08. The molecular formula is C13H12ClN3O4S. The summed E-state index contributed by atoms with van der Waals surface area (Å²) in [7, 11) is -3.78. The third-order valence-corrected chi connectivity index (χ3v) is 3.88. The van der Waals surface area contributed by atoms with E-state index in [9.17, 15) is 18.0 Å². The SMILES string of the molecule is NS(=O)(=O)c1ccc(NC(=O)Cn2cc(Cl)ccc2=O)cc1. The average Bonchev–Trinajstić information content (AvgIpc) is 2.42. The fourth-order valence-electron chi connectivity index (χ4n) is 1.71. The molecule has 1 aromatic heterocycles. The van der Waals surface area contributed by atoms with Crippen LogP contribution in [0.3, 0.4) is 0 Å². The van der Waals surface area contributed by atoms with Crippen LogP contribution in [0.1, 0.15) is 0 Å². The van der Waals surface area contributed by atoms with Gasteiger partial charge in [-0.25, -0.2) is 13.6 Å². The van der Waals surface area contributed by atoms with E-state index in [2.05, 4.69) is 5.32 Å². The van der Waals surface area contributed by atoms with Gasteiger partial charge >= 0.3 is 0 Å². The minimum Gasteiger partial charge on any atom is -0.325 e. The maximum Gasteiger partial charge on any atom is 0.251 e. The van der Waals surface area contributed by atoms with E-state index in [0.717, 1.165) is 4.57 Å². The van der Waals surface area contributed by atoms with Crippen molar-refractivity contribution in [3.8, 4) is 0 Å². The average molecular weight is 342 g/mol. The molecule has 0 atom stereocenters. The van der Waals surface area contributed by atoms with Gasteiger partial charge in [-0.15, -0.1) is 0 Å². The smallest absolute Gasteiger partial charge is 0.251 e. The molecule has 9 heteroatoms. The molecule has 0 spiro atoms. The van der Waals surface area contributed by atoms with E-state index in [1.807, 2.05) is 0 Å². The number of primary sulfonamides is 1. The molecule has 0 aliphatic carbocycles. The van der Waals surface area contributed by atoms with E-state index in [0.29, 0.717) is 10.7 Å². The number of sulfonamides is 1. The Labute approximate surface area is 131 Å². The largest absolute Gasteiger partial charge is 0.325 e. The molecule has 0 saturated carbocycles. The predicted molar refractivity (Wildman–Crippen MR) is 82.2 cm³/mol. The van der Waals surface area contributed by atoms with Gasteiger partial charge in [-0.2, -0.15) is 0 Å². The number of benzene rings is 1. The van der Waals surface area contributed by atoms with Crippen molar-refractivity contribution >= 4 is 33.2 Å². The molecule has 2 rings (SSSR count). The summed E-state index contributed by atoms with van der Waals surface area (Å²) in [6, 6.07) is 8.05. The molecule has 1 amide bonds. The summed E-state index contributed by atoms with van der Waals surface area (Å²) in [5, 5.41) is 7.85. The van der Waals surface area contributed by atoms with Crippen LogP contribution in [0.25, 0.3) is 0 Å². The number of aromatic nitrogens is 1. The number of hydrogen-bond donors (Lipinski definition) is 2. The van der Waals surface area contributed by atoms with Crippen molar-refractivity contribution in [2.75, 3.05) is 5.32 Å². The van der Waals surface area contributed by atoms with E-state index >= 15 is 0 Å². The maximum absolute atomic E-state index is 11.9. The Morgan fingerprint density at radius 3 is 2.41 bits per heavy atom. The first-order valence-corrected chi connectivity index (χ1v) is 7.97. The molecule has 7 nitrogen and oxygen atoms in total. The van der Waals surface area contributed by atoms with Crippen LogP contribution >= 0.6 is 11.6 Å². The minimum atomic E-state index is -3.78. The highest BCUT2D eigenvalue weighted by Gasteiger charge is 2.09. The number of carbonyl (C=O) groups excluding carboxylic acids is 1. The molecule has 0 unspecified atom stereocenters. The van der Waals surface area contributed by atoms with E-state index < -0.39 is 15.9 Å². The fraction of sp³-hybridized carbons (Fsp3) is 0.0769. The summed E-state index contributed by atoms with van der Waals surface area (Å²) in [4.78, 5) is 23.4.